The molecule has 0 N–H and O–H groups in total. The molecule has 0 spiro atoms. The van der Waals surface area contributed by atoms with Gasteiger partial charge in [0.05, 0.1) is 11.0 Å². The minimum Gasteiger partial charge on any atom is -0.256 e. The molecular formula is C50H36N2. The van der Waals surface area contributed by atoms with Gasteiger partial charge in [0.25, 0.3) is 0 Å². The van der Waals surface area contributed by atoms with E-state index >= 15 is 0 Å². The Balaban J connectivity index is 1.15. The average Bonchev–Trinajstić information content (AvgIpc) is 3.19. The second kappa shape index (κ2) is 11.6. The third-order valence-corrected chi connectivity index (χ3v) is 10.8. The van der Waals surface area contributed by atoms with Crippen LogP contribution in [0.3, 0.4) is 0 Å². The molecule has 0 saturated heterocycles. The van der Waals surface area contributed by atoms with Crippen molar-refractivity contribution in [2.45, 2.75) is 26.2 Å². The minimum absolute atomic E-state index is 0.0609. The lowest BCUT2D eigenvalue weighted by Crippen LogP contribution is -2.10. The number of hydrogen-bond donors (Lipinski definition) is 0. The Morgan fingerprint density at radius 1 is 0.365 bits per heavy atom. The van der Waals surface area contributed by atoms with Crippen molar-refractivity contribution in [2.75, 3.05) is 0 Å². The van der Waals surface area contributed by atoms with Gasteiger partial charge in [-0.3, -0.25) is 9.97 Å². The van der Waals surface area contributed by atoms with Gasteiger partial charge in [0, 0.05) is 34.3 Å². The van der Waals surface area contributed by atoms with Crippen molar-refractivity contribution >= 4 is 54.1 Å². The van der Waals surface area contributed by atoms with Gasteiger partial charge in [-0.25, -0.2) is 0 Å². The predicted molar refractivity (Wildman–Crippen MR) is 221 cm³/mol. The van der Waals surface area contributed by atoms with E-state index in [-0.39, 0.29) is 5.41 Å². The Kier molecular flexibility index (Phi) is 6.78. The van der Waals surface area contributed by atoms with E-state index in [0.29, 0.717) is 0 Å². The summed E-state index contributed by atoms with van der Waals surface area (Å²) in [5, 5.41) is 10.1. The van der Waals surface area contributed by atoms with E-state index in [2.05, 4.69) is 160 Å². The van der Waals surface area contributed by atoms with Crippen LogP contribution in [0, 0.1) is 0 Å². The van der Waals surface area contributed by atoms with Crippen LogP contribution in [0.4, 0.5) is 0 Å². The standard InChI is InChI=1S/C50H36N2/c1-50(2,3)41-26-37-20-22-42-44(33-16-12-31(13-17-33)39-24-35-8-4-6-10-46(35)51-29-39)28-45(43-23-21-38(27-41)48(37)49(42)43)34-18-14-32(15-19-34)40-25-36-9-5-7-11-47(36)52-30-40/h4-30H,1-3H3. The number of nitrogens with zero attached hydrogens (tertiary/aromatic N) is 2. The van der Waals surface area contributed by atoms with Gasteiger partial charge in [0.1, 0.15) is 0 Å². The number of hydrogen-bond acceptors (Lipinski definition) is 2. The zero-order valence-corrected chi connectivity index (χ0v) is 29.5. The monoisotopic (exact) mass is 664 g/mol. The van der Waals surface area contributed by atoms with Crippen LogP contribution in [0.15, 0.2) is 164 Å². The Hall–Kier alpha value is -6.38. The smallest absolute Gasteiger partial charge is 0.0702 e. The number of pyridine rings is 2. The number of aromatic nitrogens is 2. The van der Waals surface area contributed by atoms with Gasteiger partial charge in [0.2, 0.25) is 0 Å². The lowest BCUT2D eigenvalue weighted by Gasteiger charge is -2.23. The Morgan fingerprint density at radius 2 is 0.808 bits per heavy atom. The van der Waals surface area contributed by atoms with Gasteiger partial charge >= 0.3 is 0 Å². The molecule has 0 aliphatic rings. The number of para-hydroxylation sites is 2. The number of benzene rings is 8. The molecule has 0 radical (unpaired) electrons. The van der Waals surface area contributed by atoms with E-state index in [9.17, 15) is 0 Å². The van der Waals surface area contributed by atoms with E-state index < -0.39 is 0 Å². The second-order valence-electron chi connectivity index (χ2n) is 15.1. The highest BCUT2D eigenvalue weighted by atomic mass is 14.7. The summed E-state index contributed by atoms with van der Waals surface area (Å²) < 4.78 is 0. The lowest BCUT2D eigenvalue weighted by molar-refractivity contribution is 0.591. The molecule has 10 aromatic rings. The summed E-state index contributed by atoms with van der Waals surface area (Å²) >= 11 is 0. The average molecular weight is 665 g/mol. The summed E-state index contributed by atoms with van der Waals surface area (Å²) in [4.78, 5) is 9.46. The molecule has 2 nitrogen and oxygen atoms in total. The summed E-state index contributed by atoms with van der Waals surface area (Å²) in [5.74, 6) is 0. The van der Waals surface area contributed by atoms with Crippen molar-refractivity contribution in [3.05, 3.63) is 170 Å². The molecule has 52 heavy (non-hydrogen) atoms. The van der Waals surface area contributed by atoms with E-state index in [1.165, 1.54) is 60.1 Å². The van der Waals surface area contributed by atoms with Gasteiger partial charge in [0.15, 0.2) is 0 Å². The Labute approximate surface area is 303 Å². The maximum Gasteiger partial charge on any atom is 0.0702 e. The molecular weight excluding hydrogens is 629 g/mol. The van der Waals surface area contributed by atoms with Gasteiger partial charge in [-0.2, -0.15) is 0 Å². The molecule has 2 heteroatoms. The largest absolute Gasteiger partial charge is 0.256 e. The van der Waals surface area contributed by atoms with Crippen LogP contribution in [-0.4, -0.2) is 9.97 Å². The van der Waals surface area contributed by atoms with Crippen molar-refractivity contribution in [1.29, 1.82) is 0 Å². The zero-order chi connectivity index (χ0) is 35.0. The first-order chi connectivity index (χ1) is 25.4. The molecule has 0 bridgehead atoms. The molecule has 8 aromatic carbocycles. The summed E-state index contributed by atoms with van der Waals surface area (Å²) in [6.07, 6.45) is 3.96. The van der Waals surface area contributed by atoms with Gasteiger partial charge in [-0.15, -0.1) is 0 Å². The zero-order valence-electron chi connectivity index (χ0n) is 29.5. The second-order valence-corrected chi connectivity index (χ2v) is 15.1. The van der Waals surface area contributed by atoms with Crippen molar-refractivity contribution in [2.24, 2.45) is 0 Å². The maximum absolute atomic E-state index is 4.73. The van der Waals surface area contributed by atoms with Crippen molar-refractivity contribution in [3.8, 4) is 44.5 Å². The third-order valence-electron chi connectivity index (χ3n) is 10.8. The number of fused-ring (bicyclic) bond motifs is 2. The maximum atomic E-state index is 4.73. The van der Waals surface area contributed by atoms with Crippen LogP contribution in [0.25, 0.3) is 98.6 Å². The molecule has 10 rings (SSSR count). The highest BCUT2D eigenvalue weighted by Gasteiger charge is 2.20. The molecule has 0 unspecified atom stereocenters. The van der Waals surface area contributed by atoms with Crippen LogP contribution in [0.5, 0.6) is 0 Å². The Morgan fingerprint density at radius 3 is 1.27 bits per heavy atom. The Bertz CT molecular complexity index is 2780. The highest BCUT2D eigenvalue weighted by Crippen LogP contribution is 2.45. The van der Waals surface area contributed by atoms with E-state index in [1.54, 1.807) is 0 Å². The highest BCUT2D eigenvalue weighted by molar-refractivity contribution is 6.28. The van der Waals surface area contributed by atoms with Crippen LogP contribution < -0.4 is 0 Å². The summed E-state index contributed by atoms with van der Waals surface area (Å²) in [5.41, 5.74) is 12.9. The normalized spacial score (nSPS) is 12.1. The lowest BCUT2D eigenvalue weighted by atomic mass is 9.81. The summed E-state index contributed by atoms with van der Waals surface area (Å²) in [6, 6.07) is 55.6. The van der Waals surface area contributed by atoms with Crippen LogP contribution >= 0.6 is 0 Å². The fraction of sp³-hybridized carbons (Fsp3) is 0.0800. The molecule has 246 valence electrons. The third kappa shape index (κ3) is 5.02. The van der Waals surface area contributed by atoms with Crippen molar-refractivity contribution in [1.82, 2.24) is 9.97 Å². The molecule has 0 aliphatic heterocycles. The first-order valence-corrected chi connectivity index (χ1v) is 18.0. The fourth-order valence-corrected chi connectivity index (χ4v) is 7.97. The summed E-state index contributed by atoms with van der Waals surface area (Å²) in [7, 11) is 0. The topological polar surface area (TPSA) is 25.8 Å². The molecule has 2 heterocycles. The van der Waals surface area contributed by atoms with Crippen LogP contribution in [-0.2, 0) is 5.41 Å². The minimum atomic E-state index is 0.0609. The van der Waals surface area contributed by atoms with Crippen LogP contribution in [0.1, 0.15) is 26.3 Å². The van der Waals surface area contributed by atoms with Crippen molar-refractivity contribution < 1.29 is 0 Å². The number of rotatable bonds is 4. The molecule has 0 atom stereocenters. The van der Waals surface area contributed by atoms with Gasteiger partial charge < -0.3 is 0 Å². The summed E-state index contributed by atoms with van der Waals surface area (Å²) in [6.45, 7) is 6.89. The first kappa shape index (κ1) is 30.4. The van der Waals surface area contributed by atoms with E-state index in [1.807, 2.05) is 24.5 Å². The van der Waals surface area contributed by atoms with Crippen molar-refractivity contribution in [3.63, 3.8) is 0 Å². The van der Waals surface area contributed by atoms with E-state index in [0.717, 1.165) is 44.1 Å². The quantitative estimate of drug-likeness (QED) is 0.175. The molecule has 0 amide bonds. The van der Waals surface area contributed by atoms with Crippen LogP contribution in [0.2, 0.25) is 0 Å². The fourth-order valence-electron chi connectivity index (χ4n) is 7.97. The molecule has 0 aliphatic carbocycles. The first-order valence-electron chi connectivity index (χ1n) is 18.0. The molecule has 2 aromatic heterocycles. The van der Waals surface area contributed by atoms with Gasteiger partial charge in [-0.1, -0.05) is 142 Å². The van der Waals surface area contributed by atoms with Gasteiger partial charge in [-0.05, 0) is 107 Å². The molecule has 0 fully saturated rings. The SMILES string of the molecule is CC(C)(C)c1cc2ccc3c(-c4ccc(-c5cnc6ccccc6c5)cc4)cc(-c4ccc(-c5cnc6ccccc6c5)cc4)c4ccc(c1)c2c34. The predicted octanol–water partition coefficient (Wildman–Crippen LogP) is 13.6. The molecule has 0 saturated carbocycles. The van der Waals surface area contributed by atoms with E-state index in [4.69, 9.17) is 9.97 Å².